The molecule has 0 bridgehead atoms. The van der Waals surface area contributed by atoms with Crippen LogP contribution in [0.15, 0.2) is 53.4 Å². The van der Waals surface area contributed by atoms with Gasteiger partial charge >= 0.3 is 0 Å². The Morgan fingerprint density at radius 2 is 1.68 bits per heavy atom. The summed E-state index contributed by atoms with van der Waals surface area (Å²) in [6, 6.07) is 13.5. The monoisotopic (exact) mass is 312 g/mol. The fraction of sp³-hybridized carbons (Fsp3) is 0.0714. The first-order valence-corrected chi connectivity index (χ1v) is 7.57. The van der Waals surface area contributed by atoms with E-state index in [1.807, 2.05) is 6.07 Å². The van der Waals surface area contributed by atoms with Gasteiger partial charge in [0.2, 0.25) is 0 Å². The third-order valence-electron chi connectivity index (χ3n) is 2.51. The number of carbonyl (C=O) groups is 1. The molecule has 1 atom stereocenters. The van der Waals surface area contributed by atoms with Crippen LogP contribution in [0.25, 0.3) is 0 Å². The Labute approximate surface area is 123 Å². The predicted octanol–water partition coefficient (Wildman–Crippen LogP) is 3.98. The molecule has 0 fully saturated rings. The van der Waals surface area contributed by atoms with E-state index in [1.54, 1.807) is 36.4 Å². The lowest BCUT2D eigenvalue weighted by Crippen LogP contribution is -2.11. The lowest BCUT2D eigenvalue weighted by molar-refractivity contribution is 0.102. The Hall–Kier alpha value is -1.16. The molecule has 1 unspecified atom stereocenters. The molecule has 0 aliphatic carbocycles. The van der Waals surface area contributed by atoms with Gasteiger partial charge < -0.3 is 0 Å². The molecule has 2 rings (SSSR count). The van der Waals surface area contributed by atoms with Gasteiger partial charge in [0, 0.05) is 10.5 Å². The molecule has 2 aromatic carbocycles. The van der Waals surface area contributed by atoms with Crippen molar-refractivity contribution in [3.05, 3.63) is 64.1 Å². The van der Waals surface area contributed by atoms with Crippen LogP contribution in [0.3, 0.4) is 0 Å². The normalized spacial score (nSPS) is 12.1. The second-order valence-electron chi connectivity index (χ2n) is 3.85. The van der Waals surface area contributed by atoms with Crippen molar-refractivity contribution in [3.63, 3.8) is 0 Å². The van der Waals surface area contributed by atoms with Crippen molar-refractivity contribution in [1.29, 1.82) is 0 Å². The summed E-state index contributed by atoms with van der Waals surface area (Å²) in [5.74, 6) is -0.230. The Balaban J connectivity index is 2.13. The van der Waals surface area contributed by atoms with Gasteiger partial charge in [0.05, 0.1) is 26.6 Å². The number of carbonyl (C=O) groups excluding carboxylic acids is 1. The molecule has 0 aliphatic heterocycles. The molecule has 0 spiro atoms. The molecule has 19 heavy (non-hydrogen) atoms. The molecule has 98 valence electrons. The average molecular weight is 313 g/mol. The topological polar surface area (TPSA) is 34.1 Å². The lowest BCUT2D eigenvalue weighted by Gasteiger charge is -2.03. The van der Waals surface area contributed by atoms with Crippen molar-refractivity contribution in [2.45, 2.75) is 4.90 Å². The molecule has 5 heteroatoms. The molecule has 0 saturated heterocycles. The van der Waals surface area contributed by atoms with E-state index in [9.17, 15) is 9.00 Å². The van der Waals surface area contributed by atoms with E-state index < -0.39 is 10.8 Å². The molecule has 0 amide bonds. The fourth-order valence-electron chi connectivity index (χ4n) is 1.53. The Morgan fingerprint density at radius 1 is 1.00 bits per heavy atom. The van der Waals surface area contributed by atoms with E-state index >= 15 is 0 Å². The van der Waals surface area contributed by atoms with Crippen LogP contribution in [0.4, 0.5) is 0 Å². The highest BCUT2D eigenvalue weighted by Gasteiger charge is 2.13. The van der Waals surface area contributed by atoms with Crippen LogP contribution in [-0.2, 0) is 10.8 Å². The summed E-state index contributed by atoms with van der Waals surface area (Å²) in [4.78, 5) is 12.4. The van der Waals surface area contributed by atoms with E-state index in [4.69, 9.17) is 23.2 Å². The Kier molecular flexibility index (Phi) is 4.75. The number of hydrogen-bond acceptors (Lipinski definition) is 2. The number of Topliss-reactive ketones (excluding diaryl/α,β-unsaturated/α-hetero) is 1. The zero-order valence-electron chi connectivity index (χ0n) is 9.81. The highest BCUT2D eigenvalue weighted by molar-refractivity contribution is 7.85. The minimum Gasteiger partial charge on any atom is -0.293 e. The van der Waals surface area contributed by atoms with Crippen LogP contribution < -0.4 is 0 Å². The molecule has 0 heterocycles. The first-order chi connectivity index (χ1) is 9.08. The SMILES string of the molecule is O=C(CS(=O)c1ccc(Cl)c(Cl)c1)c1ccccc1. The summed E-state index contributed by atoms with van der Waals surface area (Å²) in [5, 5.41) is 0.733. The molecule has 0 aliphatic rings. The van der Waals surface area contributed by atoms with Crippen molar-refractivity contribution in [1.82, 2.24) is 0 Å². The van der Waals surface area contributed by atoms with Gasteiger partial charge in [0.1, 0.15) is 0 Å². The molecular formula is C14H10Cl2O2S. The highest BCUT2D eigenvalue weighted by atomic mass is 35.5. The number of benzene rings is 2. The van der Waals surface area contributed by atoms with Gasteiger partial charge in [-0.2, -0.15) is 0 Å². The van der Waals surface area contributed by atoms with Gasteiger partial charge in [-0.25, -0.2) is 0 Å². The number of rotatable bonds is 4. The van der Waals surface area contributed by atoms with E-state index in [2.05, 4.69) is 0 Å². The summed E-state index contributed by atoms with van der Waals surface area (Å²) in [7, 11) is -1.43. The van der Waals surface area contributed by atoms with Crippen molar-refractivity contribution >= 4 is 39.8 Å². The van der Waals surface area contributed by atoms with Crippen LogP contribution in [0.1, 0.15) is 10.4 Å². The standard InChI is InChI=1S/C14H10Cl2O2S/c15-12-7-6-11(8-13(12)16)19(18)9-14(17)10-4-2-1-3-5-10/h1-8H,9H2. The maximum atomic E-state index is 12.1. The molecule has 2 nitrogen and oxygen atoms in total. The van der Waals surface area contributed by atoms with Crippen LogP contribution in [0.2, 0.25) is 10.0 Å². The first kappa shape index (κ1) is 14.3. The molecule has 0 aromatic heterocycles. The third kappa shape index (κ3) is 3.66. The maximum Gasteiger partial charge on any atom is 0.175 e. The summed E-state index contributed by atoms with van der Waals surface area (Å²) in [6.07, 6.45) is 0. The minimum absolute atomic E-state index is 0.0675. The Bertz CT molecular complexity index is 627. The van der Waals surface area contributed by atoms with E-state index in [0.717, 1.165) is 0 Å². The summed E-state index contributed by atoms with van der Waals surface area (Å²) in [5.41, 5.74) is 0.552. The molecule has 0 radical (unpaired) electrons. The Morgan fingerprint density at radius 3 is 2.32 bits per heavy atom. The number of ketones is 1. The number of halogens is 2. The van der Waals surface area contributed by atoms with Crippen LogP contribution in [0, 0.1) is 0 Å². The number of hydrogen-bond donors (Lipinski definition) is 0. The third-order valence-corrected chi connectivity index (χ3v) is 4.56. The molecule has 0 saturated carbocycles. The molecule has 2 aromatic rings. The zero-order chi connectivity index (χ0) is 13.8. The van der Waals surface area contributed by atoms with Gasteiger partial charge in [-0.1, -0.05) is 53.5 Å². The van der Waals surface area contributed by atoms with Crippen molar-refractivity contribution in [2.75, 3.05) is 5.75 Å². The van der Waals surface area contributed by atoms with Crippen molar-refractivity contribution < 1.29 is 9.00 Å². The van der Waals surface area contributed by atoms with Crippen LogP contribution >= 0.6 is 23.2 Å². The predicted molar refractivity (Wildman–Crippen MR) is 78.5 cm³/mol. The molecular weight excluding hydrogens is 303 g/mol. The van der Waals surface area contributed by atoms with Gasteiger partial charge in [0.15, 0.2) is 5.78 Å². The van der Waals surface area contributed by atoms with E-state index in [0.29, 0.717) is 20.5 Å². The largest absolute Gasteiger partial charge is 0.293 e. The second kappa shape index (κ2) is 6.33. The van der Waals surface area contributed by atoms with E-state index in [-0.39, 0.29) is 11.5 Å². The van der Waals surface area contributed by atoms with Crippen molar-refractivity contribution in [2.24, 2.45) is 0 Å². The first-order valence-electron chi connectivity index (χ1n) is 5.49. The van der Waals surface area contributed by atoms with Gasteiger partial charge in [-0.15, -0.1) is 0 Å². The van der Waals surface area contributed by atoms with Crippen LogP contribution in [-0.4, -0.2) is 15.7 Å². The lowest BCUT2D eigenvalue weighted by atomic mass is 10.2. The smallest absolute Gasteiger partial charge is 0.175 e. The van der Waals surface area contributed by atoms with Gasteiger partial charge in [-0.05, 0) is 18.2 Å². The van der Waals surface area contributed by atoms with E-state index in [1.165, 1.54) is 6.07 Å². The summed E-state index contributed by atoms with van der Waals surface area (Å²) < 4.78 is 12.1. The van der Waals surface area contributed by atoms with Crippen LogP contribution in [0.5, 0.6) is 0 Å². The maximum absolute atomic E-state index is 12.1. The fourth-order valence-corrected chi connectivity index (χ4v) is 2.93. The molecule has 0 N–H and O–H groups in total. The summed E-state index contributed by atoms with van der Waals surface area (Å²) in [6.45, 7) is 0. The quantitative estimate of drug-likeness (QED) is 0.800. The summed E-state index contributed by atoms with van der Waals surface area (Å²) >= 11 is 11.6. The average Bonchev–Trinajstić information content (AvgIpc) is 2.42. The zero-order valence-corrected chi connectivity index (χ0v) is 12.1. The van der Waals surface area contributed by atoms with Gasteiger partial charge in [-0.3, -0.25) is 9.00 Å². The van der Waals surface area contributed by atoms with Crippen molar-refractivity contribution in [3.8, 4) is 0 Å². The minimum atomic E-state index is -1.43. The highest BCUT2D eigenvalue weighted by Crippen LogP contribution is 2.24. The second-order valence-corrected chi connectivity index (χ2v) is 6.12. The van der Waals surface area contributed by atoms with Gasteiger partial charge in [0.25, 0.3) is 0 Å².